The van der Waals surface area contributed by atoms with Crippen LogP contribution < -0.4 is 10.6 Å². The zero-order valence-electron chi connectivity index (χ0n) is 15.3. The van der Waals surface area contributed by atoms with Gasteiger partial charge in [-0.2, -0.15) is 0 Å². The van der Waals surface area contributed by atoms with Gasteiger partial charge in [0.15, 0.2) is 0 Å². The number of piperidine rings is 2. The summed E-state index contributed by atoms with van der Waals surface area (Å²) in [5.74, 6) is 0.918. The van der Waals surface area contributed by atoms with E-state index in [9.17, 15) is 9.90 Å². The Morgan fingerprint density at radius 1 is 1.31 bits per heavy atom. The summed E-state index contributed by atoms with van der Waals surface area (Å²) in [5, 5.41) is 9.92. The van der Waals surface area contributed by atoms with Crippen LogP contribution in [0.25, 0.3) is 0 Å². The van der Waals surface area contributed by atoms with Crippen molar-refractivity contribution in [1.82, 2.24) is 9.88 Å². The van der Waals surface area contributed by atoms with Gasteiger partial charge in [0, 0.05) is 18.6 Å². The van der Waals surface area contributed by atoms with Crippen molar-refractivity contribution in [3.05, 3.63) is 17.8 Å². The molecule has 7 heteroatoms. The van der Waals surface area contributed by atoms with Crippen LogP contribution in [0.1, 0.15) is 44.1 Å². The second-order valence-electron chi connectivity index (χ2n) is 7.92. The Morgan fingerprint density at radius 2 is 2.04 bits per heavy atom. The van der Waals surface area contributed by atoms with Crippen LogP contribution in [0.4, 0.5) is 16.3 Å². The average Bonchev–Trinajstić information content (AvgIpc) is 2.87. The maximum absolute atomic E-state index is 12.8. The number of hydrogen-bond acceptors (Lipinski definition) is 6. The number of aliphatic hydroxyl groups is 1. The molecule has 3 saturated heterocycles. The van der Waals surface area contributed by atoms with Crippen molar-refractivity contribution in [3.8, 4) is 0 Å². The number of anilines is 2. The van der Waals surface area contributed by atoms with Crippen LogP contribution in [0.3, 0.4) is 0 Å². The fourth-order valence-electron chi connectivity index (χ4n) is 4.80. The Bertz CT molecular complexity index is 669. The first kappa shape index (κ1) is 17.4. The van der Waals surface area contributed by atoms with E-state index < -0.39 is 0 Å². The summed E-state index contributed by atoms with van der Waals surface area (Å²) in [6, 6.07) is 2.20. The number of carbonyl (C=O) groups excluding carboxylic acids is 1. The van der Waals surface area contributed by atoms with E-state index >= 15 is 0 Å². The number of fused-ring (bicyclic) bond motifs is 2. The van der Waals surface area contributed by atoms with Gasteiger partial charge in [-0.25, -0.2) is 9.78 Å². The van der Waals surface area contributed by atoms with Gasteiger partial charge in [0.05, 0.1) is 24.5 Å². The summed E-state index contributed by atoms with van der Waals surface area (Å²) in [7, 11) is 0. The van der Waals surface area contributed by atoms with Gasteiger partial charge in [-0.1, -0.05) is 0 Å². The molecule has 3 unspecified atom stereocenters. The van der Waals surface area contributed by atoms with Crippen LogP contribution >= 0.6 is 0 Å². The van der Waals surface area contributed by atoms with Crippen LogP contribution in [0.15, 0.2) is 12.3 Å². The van der Waals surface area contributed by atoms with Crippen LogP contribution in [-0.4, -0.2) is 58.5 Å². The third kappa shape index (κ3) is 3.32. The summed E-state index contributed by atoms with van der Waals surface area (Å²) in [4.78, 5) is 21.3. The molecule has 0 aliphatic carbocycles. The second kappa shape index (κ2) is 6.95. The summed E-state index contributed by atoms with van der Waals surface area (Å²) < 4.78 is 5.87. The Balaban J connectivity index is 1.40. The van der Waals surface area contributed by atoms with E-state index in [1.807, 2.05) is 17.9 Å². The highest BCUT2D eigenvalue weighted by Gasteiger charge is 2.44. The molecular formula is C19H28N4O3. The molecule has 4 rings (SSSR count). The van der Waals surface area contributed by atoms with Gasteiger partial charge in [-0.3, -0.25) is 0 Å². The second-order valence-corrected chi connectivity index (χ2v) is 7.92. The molecule has 26 heavy (non-hydrogen) atoms. The number of hydrogen-bond donors (Lipinski definition) is 2. The van der Waals surface area contributed by atoms with Crippen molar-refractivity contribution in [2.75, 3.05) is 23.7 Å². The van der Waals surface area contributed by atoms with Crippen LogP contribution in [0.2, 0.25) is 0 Å². The van der Waals surface area contributed by atoms with Gasteiger partial charge < -0.3 is 25.4 Å². The van der Waals surface area contributed by atoms with Gasteiger partial charge >= 0.3 is 6.09 Å². The zero-order chi connectivity index (χ0) is 18.3. The van der Waals surface area contributed by atoms with Crippen LogP contribution in [0, 0.1) is 6.92 Å². The number of aromatic nitrogens is 1. The summed E-state index contributed by atoms with van der Waals surface area (Å²) >= 11 is 0. The van der Waals surface area contributed by atoms with E-state index in [4.69, 9.17) is 10.5 Å². The molecule has 3 N–H and O–H groups in total. The maximum Gasteiger partial charge on any atom is 0.410 e. The molecule has 4 heterocycles. The lowest BCUT2D eigenvalue weighted by Crippen LogP contribution is -2.50. The van der Waals surface area contributed by atoms with Crippen molar-refractivity contribution < 1.29 is 14.6 Å². The minimum Gasteiger partial charge on any atom is -0.444 e. The van der Waals surface area contributed by atoms with Gasteiger partial charge in [0.1, 0.15) is 11.9 Å². The first-order valence-electron chi connectivity index (χ1n) is 9.65. The fourth-order valence-corrected chi connectivity index (χ4v) is 4.80. The number of rotatable bonds is 2. The van der Waals surface area contributed by atoms with E-state index in [1.165, 1.54) is 0 Å². The monoisotopic (exact) mass is 360 g/mol. The molecule has 3 aliphatic rings. The number of aliphatic hydroxyl groups excluding tert-OH is 1. The number of nitrogens with two attached hydrogens (primary N) is 1. The summed E-state index contributed by atoms with van der Waals surface area (Å²) in [5.41, 5.74) is 7.50. The molecule has 1 aromatic rings. The third-order valence-corrected chi connectivity index (χ3v) is 5.94. The number of aryl methyl sites for hydroxylation is 1. The quantitative estimate of drug-likeness (QED) is 0.839. The number of pyridine rings is 1. The average molecular weight is 360 g/mol. The third-order valence-electron chi connectivity index (χ3n) is 5.94. The molecule has 0 aromatic carbocycles. The van der Waals surface area contributed by atoms with Crippen molar-refractivity contribution in [2.45, 2.75) is 69.7 Å². The van der Waals surface area contributed by atoms with Crippen molar-refractivity contribution in [1.29, 1.82) is 0 Å². The summed E-state index contributed by atoms with van der Waals surface area (Å²) in [6.45, 7) is 3.58. The first-order valence-corrected chi connectivity index (χ1v) is 9.65. The maximum atomic E-state index is 12.8. The molecule has 0 radical (unpaired) electrons. The van der Waals surface area contributed by atoms with E-state index in [0.29, 0.717) is 25.1 Å². The lowest BCUT2D eigenvalue weighted by Gasteiger charge is -2.39. The zero-order valence-corrected chi connectivity index (χ0v) is 15.3. The molecule has 7 nitrogen and oxygen atoms in total. The SMILES string of the molecule is Cc1cc(N)cnc1N1CCCC(OC(=O)N2C3CCC2CC(O)C3)C1. The predicted molar refractivity (Wildman–Crippen MR) is 99.0 cm³/mol. The highest BCUT2D eigenvalue weighted by molar-refractivity contribution is 5.69. The highest BCUT2D eigenvalue weighted by Crippen LogP contribution is 2.36. The molecule has 1 aromatic heterocycles. The molecule has 3 fully saturated rings. The van der Waals surface area contributed by atoms with Gasteiger partial charge in [0.2, 0.25) is 0 Å². The molecular weight excluding hydrogens is 332 g/mol. The Hall–Kier alpha value is -2.02. The van der Waals surface area contributed by atoms with Crippen molar-refractivity contribution in [2.24, 2.45) is 0 Å². The highest BCUT2D eigenvalue weighted by atomic mass is 16.6. The number of amides is 1. The van der Waals surface area contributed by atoms with E-state index in [0.717, 1.165) is 43.6 Å². The Kier molecular flexibility index (Phi) is 4.65. The molecule has 2 bridgehead atoms. The van der Waals surface area contributed by atoms with E-state index in [-0.39, 0.29) is 30.4 Å². The Labute approximate surface area is 154 Å². The first-order chi connectivity index (χ1) is 12.5. The topological polar surface area (TPSA) is 91.9 Å². The van der Waals surface area contributed by atoms with Crippen LogP contribution in [0.5, 0.6) is 0 Å². The van der Waals surface area contributed by atoms with Gasteiger partial charge in [-0.05, 0) is 57.1 Å². The van der Waals surface area contributed by atoms with E-state index in [2.05, 4.69) is 9.88 Å². The normalized spacial score (nSPS) is 31.2. The smallest absolute Gasteiger partial charge is 0.410 e. The predicted octanol–water partition coefficient (Wildman–Crippen LogP) is 2.07. The molecule has 142 valence electrons. The molecule has 3 atom stereocenters. The molecule has 1 amide bonds. The minimum absolute atomic E-state index is 0.124. The Morgan fingerprint density at radius 3 is 2.73 bits per heavy atom. The van der Waals surface area contributed by atoms with E-state index in [1.54, 1.807) is 6.20 Å². The number of nitrogens with zero attached hydrogens (tertiary/aromatic N) is 3. The lowest BCUT2D eigenvalue weighted by molar-refractivity contribution is 0.00638. The largest absolute Gasteiger partial charge is 0.444 e. The standard InChI is InChI=1S/C19H28N4O3/c1-12-7-13(20)10-21-18(12)22-6-2-3-17(11-22)26-19(25)23-14-4-5-15(23)9-16(24)8-14/h7,10,14-17,24H,2-6,8-9,11,20H2,1H3. The van der Waals surface area contributed by atoms with Crippen molar-refractivity contribution >= 4 is 17.6 Å². The van der Waals surface area contributed by atoms with Gasteiger partial charge in [-0.15, -0.1) is 0 Å². The number of ether oxygens (including phenoxy) is 1. The summed E-state index contributed by atoms with van der Waals surface area (Å²) in [6.07, 6.45) is 6.21. The van der Waals surface area contributed by atoms with Crippen LogP contribution in [-0.2, 0) is 4.74 Å². The lowest BCUT2D eigenvalue weighted by atomic mass is 10.0. The molecule has 0 saturated carbocycles. The molecule has 3 aliphatic heterocycles. The number of carbonyl (C=O) groups is 1. The molecule has 0 spiro atoms. The van der Waals surface area contributed by atoms with Crippen molar-refractivity contribution in [3.63, 3.8) is 0 Å². The number of nitrogen functional groups attached to an aromatic ring is 1. The minimum atomic E-state index is -0.277. The fraction of sp³-hybridized carbons (Fsp3) is 0.684. The van der Waals surface area contributed by atoms with Gasteiger partial charge in [0.25, 0.3) is 0 Å².